The normalized spacial score (nSPS) is 11.1. The van der Waals surface area contributed by atoms with Crippen LogP contribution in [0.5, 0.6) is 0 Å². The van der Waals surface area contributed by atoms with E-state index in [9.17, 15) is 9.18 Å². The van der Waals surface area contributed by atoms with Crippen molar-refractivity contribution in [2.24, 2.45) is 17.6 Å². The first kappa shape index (κ1) is 27.3. The lowest BCUT2D eigenvalue weighted by atomic mass is 9.98. The number of amides is 1. The number of carbonyl (C=O) groups excluding carboxylic acids is 1. The van der Waals surface area contributed by atoms with Crippen LogP contribution in [0.4, 0.5) is 4.39 Å². The zero-order valence-electron chi connectivity index (χ0n) is 17.6. The fourth-order valence-electron chi connectivity index (χ4n) is 2.05. The lowest BCUT2D eigenvalue weighted by Gasteiger charge is -2.08. The number of rotatable bonds is 8. The Morgan fingerprint density at radius 1 is 1.12 bits per heavy atom. The van der Waals surface area contributed by atoms with Crippen LogP contribution in [0, 0.1) is 24.6 Å². The second-order valence-corrected chi connectivity index (χ2v) is 7.87. The van der Waals surface area contributed by atoms with Gasteiger partial charge in [0.2, 0.25) is 5.91 Å². The quantitative estimate of drug-likeness (QED) is 0.456. The molecule has 0 aliphatic rings. The summed E-state index contributed by atoms with van der Waals surface area (Å²) in [5, 5.41) is 0. The SMILES string of the molecule is CCC(C)C(N)=O.CCCCC(C)CCCC.Cc1ccc(F)c(Br)c1. The van der Waals surface area contributed by atoms with Crippen molar-refractivity contribution < 1.29 is 9.18 Å². The van der Waals surface area contributed by atoms with Gasteiger partial charge in [-0.1, -0.05) is 79.2 Å². The van der Waals surface area contributed by atoms with Crippen molar-refractivity contribution >= 4 is 21.8 Å². The van der Waals surface area contributed by atoms with Crippen LogP contribution in [0.3, 0.4) is 0 Å². The van der Waals surface area contributed by atoms with E-state index in [-0.39, 0.29) is 17.6 Å². The highest BCUT2D eigenvalue weighted by atomic mass is 79.9. The maximum absolute atomic E-state index is 12.5. The van der Waals surface area contributed by atoms with Crippen LogP contribution in [-0.2, 0) is 4.79 Å². The van der Waals surface area contributed by atoms with Gasteiger partial charge in [-0.25, -0.2) is 4.39 Å². The average molecular weight is 432 g/mol. The van der Waals surface area contributed by atoms with Crippen molar-refractivity contribution in [2.45, 2.75) is 86.5 Å². The van der Waals surface area contributed by atoms with Gasteiger partial charge in [0.05, 0.1) is 4.47 Å². The lowest BCUT2D eigenvalue weighted by Crippen LogP contribution is -2.19. The number of hydrogen-bond acceptors (Lipinski definition) is 1. The van der Waals surface area contributed by atoms with Crippen LogP contribution in [0.25, 0.3) is 0 Å². The van der Waals surface area contributed by atoms with Crippen LogP contribution in [0.1, 0.15) is 85.1 Å². The van der Waals surface area contributed by atoms with E-state index in [2.05, 4.69) is 36.7 Å². The average Bonchev–Trinajstić information content (AvgIpc) is 2.61. The molecular formula is C22H39BrFNO. The summed E-state index contributed by atoms with van der Waals surface area (Å²) < 4.78 is 13.0. The molecule has 0 spiro atoms. The standard InChI is InChI=1S/C10H22.C7H6BrF.C5H11NO/c1-4-6-8-10(3)9-7-5-2;1-5-2-3-7(9)6(8)4-5;1-3-4(2)5(6)7/h10H,4-9H2,1-3H3;2-4H,1H3;4H,3H2,1-2H3,(H2,6,7). The second-order valence-electron chi connectivity index (χ2n) is 7.02. The Morgan fingerprint density at radius 3 is 1.88 bits per heavy atom. The zero-order valence-corrected chi connectivity index (χ0v) is 19.2. The summed E-state index contributed by atoms with van der Waals surface area (Å²) >= 11 is 3.07. The second kappa shape index (κ2) is 17.5. The molecule has 0 saturated carbocycles. The van der Waals surface area contributed by atoms with Gasteiger partial charge < -0.3 is 5.73 Å². The lowest BCUT2D eigenvalue weighted by molar-refractivity contribution is -0.121. The Morgan fingerprint density at radius 2 is 1.62 bits per heavy atom. The molecule has 0 heterocycles. The number of primary amides is 1. The monoisotopic (exact) mass is 431 g/mol. The van der Waals surface area contributed by atoms with Gasteiger partial charge in [-0.2, -0.15) is 0 Å². The van der Waals surface area contributed by atoms with Crippen LogP contribution < -0.4 is 5.73 Å². The fourth-order valence-corrected chi connectivity index (χ4v) is 2.55. The summed E-state index contributed by atoms with van der Waals surface area (Å²) in [6, 6.07) is 4.93. The molecule has 0 saturated heterocycles. The molecule has 0 aliphatic heterocycles. The van der Waals surface area contributed by atoms with Gasteiger partial charge in [-0.3, -0.25) is 4.79 Å². The topological polar surface area (TPSA) is 43.1 Å². The Balaban J connectivity index is 0. The van der Waals surface area contributed by atoms with E-state index in [1.54, 1.807) is 12.1 Å². The van der Waals surface area contributed by atoms with Crippen molar-refractivity contribution in [3.8, 4) is 0 Å². The molecule has 0 bridgehead atoms. The predicted molar refractivity (Wildman–Crippen MR) is 116 cm³/mol. The molecule has 2 N–H and O–H groups in total. The van der Waals surface area contributed by atoms with E-state index in [1.165, 1.54) is 44.6 Å². The molecule has 0 radical (unpaired) electrons. The molecule has 4 heteroatoms. The van der Waals surface area contributed by atoms with Crippen molar-refractivity contribution in [3.63, 3.8) is 0 Å². The summed E-state index contributed by atoms with van der Waals surface area (Å²) in [4.78, 5) is 10.2. The minimum atomic E-state index is -0.208. The molecule has 1 rings (SSSR count). The first-order chi connectivity index (χ1) is 12.2. The highest BCUT2D eigenvalue weighted by molar-refractivity contribution is 9.10. The van der Waals surface area contributed by atoms with Crippen molar-refractivity contribution in [2.75, 3.05) is 0 Å². The molecule has 0 aliphatic carbocycles. The van der Waals surface area contributed by atoms with Gasteiger partial charge >= 0.3 is 0 Å². The van der Waals surface area contributed by atoms with Gasteiger partial charge in [0, 0.05) is 5.92 Å². The first-order valence-electron chi connectivity index (χ1n) is 9.90. The van der Waals surface area contributed by atoms with E-state index in [1.807, 2.05) is 20.8 Å². The molecule has 0 fully saturated rings. The number of unbranched alkanes of at least 4 members (excludes halogenated alkanes) is 2. The molecule has 1 amide bonds. The van der Waals surface area contributed by atoms with Gasteiger partial charge in [0.1, 0.15) is 5.82 Å². The Hall–Kier alpha value is -0.900. The number of benzene rings is 1. The summed E-state index contributed by atoms with van der Waals surface area (Å²) in [5.74, 6) is 0.600. The molecule has 1 atom stereocenters. The summed E-state index contributed by atoms with van der Waals surface area (Å²) in [5.41, 5.74) is 5.97. The number of nitrogens with two attached hydrogens (primary N) is 1. The Labute approximate surface area is 169 Å². The maximum Gasteiger partial charge on any atom is 0.220 e. The molecule has 2 nitrogen and oxygen atoms in total. The first-order valence-corrected chi connectivity index (χ1v) is 10.7. The zero-order chi connectivity index (χ0) is 20.5. The highest BCUT2D eigenvalue weighted by Crippen LogP contribution is 2.15. The van der Waals surface area contributed by atoms with E-state index >= 15 is 0 Å². The predicted octanol–water partition coefficient (Wildman–Crippen LogP) is 7.42. The van der Waals surface area contributed by atoms with Crippen LogP contribution in [0.15, 0.2) is 22.7 Å². The Bertz CT molecular complexity index is 471. The number of aryl methyl sites for hydroxylation is 1. The third-order valence-electron chi connectivity index (χ3n) is 4.27. The molecule has 0 aromatic heterocycles. The van der Waals surface area contributed by atoms with Crippen molar-refractivity contribution in [1.82, 2.24) is 0 Å². The third kappa shape index (κ3) is 16.6. The molecular weight excluding hydrogens is 393 g/mol. The smallest absolute Gasteiger partial charge is 0.220 e. The van der Waals surface area contributed by atoms with Crippen molar-refractivity contribution in [1.29, 1.82) is 0 Å². The maximum atomic E-state index is 12.5. The van der Waals surface area contributed by atoms with Gasteiger partial charge in [-0.05, 0) is 52.9 Å². The molecule has 26 heavy (non-hydrogen) atoms. The van der Waals surface area contributed by atoms with Crippen LogP contribution in [0.2, 0.25) is 0 Å². The van der Waals surface area contributed by atoms with Crippen molar-refractivity contribution in [3.05, 3.63) is 34.1 Å². The number of halogens is 2. The Kier molecular flexibility index (Phi) is 18.4. The van der Waals surface area contributed by atoms with Gasteiger partial charge in [-0.15, -0.1) is 0 Å². The molecule has 1 aromatic carbocycles. The minimum Gasteiger partial charge on any atom is -0.369 e. The van der Waals surface area contributed by atoms with E-state index in [0.717, 1.165) is 17.9 Å². The van der Waals surface area contributed by atoms with Gasteiger partial charge in [0.15, 0.2) is 0 Å². The van der Waals surface area contributed by atoms with Gasteiger partial charge in [0.25, 0.3) is 0 Å². The molecule has 1 aromatic rings. The van der Waals surface area contributed by atoms with Crippen LogP contribution in [-0.4, -0.2) is 5.91 Å². The molecule has 1 unspecified atom stereocenters. The summed E-state index contributed by atoms with van der Waals surface area (Å²) in [7, 11) is 0. The third-order valence-corrected chi connectivity index (χ3v) is 4.88. The summed E-state index contributed by atoms with van der Waals surface area (Å²) in [6.07, 6.45) is 9.28. The number of hydrogen-bond donors (Lipinski definition) is 1. The number of carbonyl (C=O) groups is 1. The highest BCUT2D eigenvalue weighted by Gasteiger charge is 2.02. The largest absolute Gasteiger partial charge is 0.369 e. The fraction of sp³-hybridized carbons (Fsp3) is 0.682. The van der Waals surface area contributed by atoms with E-state index in [4.69, 9.17) is 5.73 Å². The summed E-state index contributed by atoms with van der Waals surface area (Å²) in [6.45, 7) is 12.6. The molecule has 152 valence electrons. The van der Waals surface area contributed by atoms with E-state index in [0.29, 0.717) is 4.47 Å². The van der Waals surface area contributed by atoms with E-state index < -0.39 is 0 Å². The van der Waals surface area contributed by atoms with Crippen LogP contribution >= 0.6 is 15.9 Å². The minimum absolute atomic E-state index is 0.0417.